The van der Waals surface area contributed by atoms with E-state index >= 15 is 0 Å². The molecule has 8 nitrogen and oxygen atoms in total. The summed E-state index contributed by atoms with van der Waals surface area (Å²) < 4.78 is 41.9. The summed E-state index contributed by atoms with van der Waals surface area (Å²) in [5.74, 6) is 0.469. The number of halogens is 4. The Morgan fingerprint density at radius 3 is 2.47 bits per heavy atom. The molecule has 2 aliphatic rings. The minimum atomic E-state index is -4.77. The first-order chi connectivity index (χ1) is 17.2. The Morgan fingerprint density at radius 1 is 1.25 bits per heavy atom. The first-order valence-corrected chi connectivity index (χ1v) is 11.4. The third-order valence-corrected chi connectivity index (χ3v) is 5.61. The third-order valence-electron chi connectivity index (χ3n) is 5.37. The van der Waals surface area contributed by atoms with Gasteiger partial charge in [-0.05, 0) is 38.0 Å². The minimum Gasteiger partial charge on any atom is -0.394 e. The van der Waals surface area contributed by atoms with Gasteiger partial charge < -0.3 is 15.1 Å². The molecule has 12 heteroatoms. The van der Waals surface area contributed by atoms with E-state index in [2.05, 4.69) is 21.7 Å². The lowest BCUT2D eigenvalue weighted by Gasteiger charge is -2.22. The number of aliphatic hydroxyl groups is 2. The Hall–Kier alpha value is -3.46. The fourth-order valence-corrected chi connectivity index (χ4v) is 4.03. The lowest BCUT2D eigenvalue weighted by molar-refractivity contribution is -0.141. The van der Waals surface area contributed by atoms with Crippen molar-refractivity contribution in [2.75, 3.05) is 31.2 Å². The van der Waals surface area contributed by atoms with Gasteiger partial charge in [0.1, 0.15) is 17.5 Å². The normalized spacial score (nSPS) is 17.8. The molecule has 0 saturated carbocycles. The summed E-state index contributed by atoms with van der Waals surface area (Å²) in [7, 11) is 0. The van der Waals surface area contributed by atoms with Gasteiger partial charge in [0.15, 0.2) is 11.3 Å². The highest BCUT2D eigenvalue weighted by Crippen LogP contribution is 2.36. The van der Waals surface area contributed by atoms with Crippen LogP contribution in [0.15, 0.2) is 46.6 Å². The maximum Gasteiger partial charge on any atom is 0.436 e. The number of aromatic nitrogens is 3. The Kier molecular flexibility index (Phi) is 8.68. The Balaban J connectivity index is 0.000000840. The molecule has 4 rings (SSSR count). The Bertz CT molecular complexity index is 1310. The number of hydrogen-bond acceptors (Lipinski definition) is 7. The molecule has 190 valence electrons. The number of aliphatic hydroxyl groups excluding tert-OH is 2. The molecule has 1 aliphatic heterocycles. The predicted octanol–water partition coefficient (Wildman–Crippen LogP) is 4.16. The summed E-state index contributed by atoms with van der Waals surface area (Å²) in [6.07, 6.45) is 5.37. The van der Waals surface area contributed by atoms with Gasteiger partial charge in [-0.3, -0.25) is 4.99 Å². The van der Waals surface area contributed by atoms with Crippen molar-refractivity contribution in [3.63, 3.8) is 0 Å². The summed E-state index contributed by atoms with van der Waals surface area (Å²) in [6, 6.07) is 1.64. The number of aryl methyl sites for hydroxylation is 1. The van der Waals surface area contributed by atoms with Crippen LogP contribution >= 0.6 is 11.6 Å². The van der Waals surface area contributed by atoms with Crippen molar-refractivity contribution in [3.05, 3.63) is 64.1 Å². The largest absolute Gasteiger partial charge is 0.436 e. The molecule has 2 aromatic heterocycles. The third kappa shape index (κ3) is 5.67. The van der Waals surface area contributed by atoms with Crippen molar-refractivity contribution < 1.29 is 23.4 Å². The monoisotopic (exact) mass is 520 g/mol. The standard InChI is InChI=1S/C22H18ClF3N6.C2H6O2/c1-3-28-18-11-15(23)7-6-14(18)10-16-13(2)29-20-17(12-27)19(22(24,25)26)30-32(20)21(16)31-8-4-5-9-31;3-1-2-4/h3,6-7,10-11H,1,4-5,8-9H2,2H3;3-4H,1-2H2/b14-10+,28-18?;. The molecular weight excluding hydrogens is 497 g/mol. The number of nitrogens with zero attached hydrogens (tertiary/aromatic N) is 6. The molecule has 0 atom stereocenters. The van der Waals surface area contributed by atoms with E-state index in [1.165, 1.54) is 6.20 Å². The van der Waals surface area contributed by atoms with Gasteiger partial charge in [-0.15, -0.1) is 0 Å². The SMILES string of the molecule is C=CN=C1C=C(Cl)C=C/C1=C\c1c(C)nc2c(C#N)c(C(F)(F)F)nn2c1N1CCCC1.OCCO. The number of aliphatic imine (C=N–C) groups is 1. The highest BCUT2D eigenvalue weighted by atomic mass is 35.5. The van der Waals surface area contributed by atoms with Gasteiger partial charge in [0.05, 0.1) is 24.6 Å². The van der Waals surface area contributed by atoms with Crippen LogP contribution in [-0.4, -0.2) is 56.8 Å². The van der Waals surface area contributed by atoms with Crippen LogP contribution in [0.4, 0.5) is 19.0 Å². The molecule has 0 radical (unpaired) electrons. The summed E-state index contributed by atoms with van der Waals surface area (Å²) in [4.78, 5) is 10.6. The quantitative estimate of drug-likeness (QED) is 0.626. The van der Waals surface area contributed by atoms with Crippen LogP contribution < -0.4 is 4.90 Å². The van der Waals surface area contributed by atoms with Crippen molar-refractivity contribution in [1.29, 1.82) is 5.26 Å². The van der Waals surface area contributed by atoms with Crippen LogP contribution in [0.1, 0.15) is 35.4 Å². The summed E-state index contributed by atoms with van der Waals surface area (Å²) >= 11 is 6.10. The van der Waals surface area contributed by atoms with Crippen molar-refractivity contribution >= 4 is 34.9 Å². The summed E-state index contributed by atoms with van der Waals surface area (Å²) in [5.41, 5.74) is 0.409. The molecule has 0 aromatic carbocycles. The van der Waals surface area contributed by atoms with Gasteiger partial charge in [0, 0.05) is 35.5 Å². The maximum absolute atomic E-state index is 13.6. The number of alkyl halides is 3. The van der Waals surface area contributed by atoms with Gasteiger partial charge in [0.25, 0.3) is 0 Å². The number of rotatable bonds is 4. The van der Waals surface area contributed by atoms with Crippen LogP contribution in [0.5, 0.6) is 0 Å². The highest BCUT2D eigenvalue weighted by molar-refractivity contribution is 6.35. The van der Waals surface area contributed by atoms with Crippen molar-refractivity contribution in [1.82, 2.24) is 14.6 Å². The van der Waals surface area contributed by atoms with Crippen LogP contribution in [-0.2, 0) is 6.18 Å². The molecule has 1 fully saturated rings. The second-order valence-electron chi connectivity index (χ2n) is 7.80. The van der Waals surface area contributed by atoms with Gasteiger partial charge >= 0.3 is 6.18 Å². The second kappa shape index (κ2) is 11.5. The average Bonchev–Trinajstić information content (AvgIpc) is 3.49. The zero-order valence-electron chi connectivity index (χ0n) is 19.4. The summed E-state index contributed by atoms with van der Waals surface area (Å²) in [5, 5.41) is 29.0. The molecule has 0 unspecified atom stereocenters. The number of allylic oxidation sites excluding steroid dienone is 5. The van der Waals surface area contributed by atoms with Crippen molar-refractivity contribution in [2.45, 2.75) is 25.9 Å². The molecule has 0 bridgehead atoms. The van der Waals surface area contributed by atoms with E-state index in [9.17, 15) is 18.4 Å². The predicted molar refractivity (Wildman–Crippen MR) is 132 cm³/mol. The second-order valence-corrected chi connectivity index (χ2v) is 8.24. The van der Waals surface area contributed by atoms with Crippen LogP contribution in [0.25, 0.3) is 11.7 Å². The van der Waals surface area contributed by atoms with Gasteiger partial charge in [-0.1, -0.05) is 24.3 Å². The molecule has 0 spiro atoms. The van der Waals surface area contributed by atoms with Crippen LogP contribution in [0.2, 0.25) is 0 Å². The van der Waals surface area contributed by atoms with Gasteiger partial charge in [-0.2, -0.15) is 28.0 Å². The van der Waals surface area contributed by atoms with E-state index in [4.69, 9.17) is 21.8 Å². The number of fused-ring (bicyclic) bond motifs is 1. The average molecular weight is 521 g/mol. The topological polar surface area (TPSA) is 110 Å². The van der Waals surface area contributed by atoms with E-state index in [1.807, 2.05) is 4.90 Å². The molecule has 2 aromatic rings. The Labute approximate surface area is 210 Å². The molecule has 36 heavy (non-hydrogen) atoms. The summed E-state index contributed by atoms with van der Waals surface area (Å²) in [6.45, 7) is 6.39. The van der Waals surface area contributed by atoms with E-state index in [-0.39, 0.29) is 18.9 Å². The van der Waals surface area contributed by atoms with E-state index in [0.29, 0.717) is 46.5 Å². The van der Waals surface area contributed by atoms with Crippen LogP contribution in [0.3, 0.4) is 0 Å². The molecule has 3 heterocycles. The molecule has 1 aliphatic carbocycles. The first-order valence-electron chi connectivity index (χ1n) is 11.0. The Morgan fingerprint density at radius 2 is 1.92 bits per heavy atom. The zero-order valence-corrected chi connectivity index (χ0v) is 20.2. The number of anilines is 1. The van der Waals surface area contributed by atoms with E-state index in [1.54, 1.807) is 37.3 Å². The van der Waals surface area contributed by atoms with E-state index < -0.39 is 17.4 Å². The van der Waals surface area contributed by atoms with Crippen LogP contribution in [0, 0.1) is 18.3 Å². The lowest BCUT2D eigenvalue weighted by atomic mass is 10.0. The fraction of sp³-hybridized carbons (Fsp3) is 0.333. The minimum absolute atomic E-state index is 0.108. The molecule has 0 amide bonds. The smallest absolute Gasteiger partial charge is 0.394 e. The molecule has 1 saturated heterocycles. The molecular formula is C24H24ClF3N6O2. The lowest BCUT2D eigenvalue weighted by Crippen LogP contribution is -2.23. The number of nitriles is 1. The van der Waals surface area contributed by atoms with Crippen molar-refractivity contribution in [2.24, 2.45) is 4.99 Å². The van der Waals surface area contributed by atoms with Gasteiger partial charge in [0.2, 0.25) is 0 Å². The maximum atomic E-state index is 13.6. The zero-order chi connectivity index (χ0) is 26.5. The fourth-order valence-electron chi connectivity index (χ4n) is 3.86. The molecule has 2 N–H and O–H groups in total. The number of hydrogen-bond donors (Lipinski definition) is 2. The van der Waals surface area contributed by atoms with Gasteiger partial charge in [-0.25, -0.2) is 4.98 Å². The first kappa shape index (κ1) is 27.1. The van der Waals surface area contributed by atoms with E-state index in [0.717, 1.165) is 17.4 Å². The highest BCUT2D eigenvalue weighted by Gasteiger charge is 2.40. The van der Waals surface area contributed by atoms with Crippen molar-refractivity contribution in [3.8, 4) is 6.07 Å².